The molecule has 0 saturated heterocycles. The van der Waals surface area contributed by atoms with E-state index < -0.39 is 11.7 Å². The fourth-order valence-electron chi connectivity index (χ4n) is 1.88. The zero-order valence-corrected chi connectivity index (χ0v) is 8.12. The summed E-state index contributed by atoms with van der Waals surface area (Å²) in [6.45, 7) is 1.74. The molecule has 1 aliphatic carbocycles. The third-order valence-corrected chi connectivity index (χ3v) is 2.83. The minimum atomic E-state index is -1.23. The van der Waals surface area contributed by atoms with E-state index in [0.717, 1.165) is 19.3 Å². The van der Waals surface area contributed by atoms with Gasteiger partial charge in [-0.2, -0.15) is 0 Å². The Morgan fingerprint density at radius 2 is 1.92 bits per heavy atom. The molecule has 1 aliphatic rings. The number of aliphatic hydroxyl groups is 2. The van der Waals surface area contributed by atoms with Crippen LogP contribution in [0.2, 0.25) is 0 Å². The van der Waals surface area contributed by atoms with E-state index in [1.807, 2.05) is 0 Å². The summed E-state index contributed by atoms with van der Waals surface area (Å²) in [5.41, 5.74) is -1.23. The molecule has 0 aromatic rings. The molecule has 13 heavy (non-hydrogen) atoms. The van der Waals surface area contributed by atoms with Gasteiger partial charge in [-0.15, -0.1) is 0 Å². The van der Waals surface area contributed by atoms with Crippen molar-refractivity contribution < 1.29 is 15.0 Å². The summed E-state index contributed by atoms with van der Waals surface area (Å²) in [6, 6.07) is 0. The SMILES string of the molecule is CCC(O)C(=O)C1(O)CCCCC1. The number of carbonyl (C=O) groups excluding carboxylic acids is 1. The quantitative estimate of drug-likeness (QED) is 0.692. The number of hydrogen-bond acceptors (Lipinski definition) is 3. The van der Waals surface area contributed by atoms with Crippen molar-refractivity contribution in [1.29, 1.82) is 0 Å². The molecule has 76 valence electrons. The lowest BCUT2D eigenvalue weighted by Gasteiger charge is -2.31. The Hall–Kier alpha value is -0.410. The van der Waals surface area contributed by atoms with Gasteiger partial charge in [0.25, 0.3) is 0 Å². The van der Waals surface area contributed by atoms with Crippen molar-refractivity contribution in [2.75, 3.05) is 0 Å². The van der Waals surface area contributed by atoms with Crippen LogP contribution in [0.5, 0.6) is 0 Å². The van der Waals surface area contributed by atoms with Gasteiger partial charge in [-0.3, -0.25) is 4.79 Å². The van der Waals surface area contributed by atoms with E-state index in [1.54, 1.807) is 6.92 Å². The first-order valence-electron chi connectivity index (χ1n) is 5.05. The van der Waals surface area contributed by atoms with Crippen LogP contribution < -0.4 is 0 Å². The Morgan fingerprint density at radius 3 is 2.38 bits per heavy atom. The average Bonchev–Trinajstić information content (AvgIpc) is 2.16. The first-order chi connectivity index (χ1) is 6.10. The van der Waals surface area contributed by atoms with Crippen molar-refractivity contribution in [3.63, 3.8) is 0 Å². The Morgan fingerprint density at radius 1 is 1.38 bits per heavy atom. The Bertz CT molecular complexity index is 183. The van der Waals surface area contributed by atoms with Gasteiger partial charge >= 0.3 is 0 Å². The zero-order chi connectivity index (χ0) is 9.90. The Balaban J connectivity index is 2.61. The molecule has 0 amide bonds. The normalized spacial score (nSPS) is 23.9. The topological polar surface area (TPSA) is 57.5 Å². The van der Waals surface area contributed by atoms with Crippen molar-refractivity contribution in [2.24, 2.45) is 0 Å². The summed E-state index contributed by atoms with van der Waals surface area (Å²) in [5.74, 6) is -0.380. The zero-order valence-electron chi connectivity index (χ0n) is 8.12. The van der Waals surface area contributed by atoms with Crippen LogP contribution in [0.3, 0.4) is 0 Å². The summed E-state index contributed by atoms with van der Waals surface area (Å²) >= 11 is 0. The van der Waals surface area contributed by atoms with Crippen molar-refractivity contribution in [1.82, 2.24) is 0 Å². The van der Waals surface area contributed by atoms with E-state index in [-0.39, 0.29) is 5.78 Å². The van der Waals surface area contributed by atoms with Crippen LogP contribution in [0.4, 0.5) is 0 Å². The molecule has 3 nitrogen and oxygen atoms in total. The van der Waals surface area contributed by atoms with Crippen LogP contribution >= 0.6 is 0 Å². The predicted molar refractivity (Wildman–Crippen MR) is 49.3 cm³/mol. The van der Waals surface area contributed by atoms with Crippen molar-refractivity contribution in [2.45, 2.75) is 57.2 Å². The third kappa shape index (κ3) is 2.29. The molecule has 0 radical (unpaired) electrons. The van der Waals surface area contributed by atoms with Crippen molar-refractivity contribution in [3.05, 3.63) is 0 Å². The van der Waals surface area contributed by atoms with E-state index in [9.17, 15) is 15.0 Å². The largest absolute Gasteiger partial charge is 0.385 e. The number of carbonyl (C=O) groups is 1. The highest BCUT2D eigenvalue weighted by molar-refractivity contribution is 5.90. The maximum Gasteiger partial charge on any atom is 0.192 e. The minimum absolute atomic E-state index is 0.380. The average molecular weight is 186 g/mol. The molecule has 1 unspecified atom stereocenters. The Kier molecular flexibility index (Phi) is 3.45. The molecule has 0 heterocycles. The van der Waals surface area contributed by atoms with Crippen molar-refractivity contribution >= 4 is 5.78 Å². The van der Waals surface area contributed by atoms with Gasteiger partial charge in [0.05, 0.1) is 0 Å². The highest BCUT2D eigenvalue weighted by Gasteiger charge is 2.39. The lowest BCUT2D eigenvalue weighted by Crippen LogP contribution is -2.46. The predicted octanol–water partition coefficient (Wildman–Crippen LogP) is 1.02. The number of Topliss-reactive ketones (excluding diaryl/α,β-unsaturated/α-hetero) is 1. The van der Waals surface area contributed by atoms with Crippen LogP contribution in [0.1, 0.15) is 45.4 Å². The molecular weight excluding hydrogens is 168 g/mol. The van der Waals surface area contributed by atoms with Crippen LogP contribution in [0.15, 0.2) is 0 Å². The second-order valence-corrected chi connectivity index (χ2v) is 3.88. The van der Waals surface area contributed by atoms with E-state index >= 15 is 0 Å². The first kappa shape index (κ1) is 10.7. The maximum absolute atomic E-state index is 11.6. The summed E-state index contributed by atoms with van der Waals surface area (Å²) in [4.78, 5) is 11.6. The molecule has 0 aliphatic heterocycles. The van der Waals surface area contributed by atoms with E-state index in [4.69, 9.17) is 0 Å². The van der Waals surface area contributed by atoms with Crippen molar-refractivity contribution in [3.8, 4) is 0 Å². The monoisotopic (exact) mass is 186 g/mol. The summed E-state index contributed by atoms with van der Waals surface area (Å²) in [6.07, 6.45) is 3.30. The lowest BCUT2D eigenvalue weighted by atomic mass is 9.80. The molecule has 0 bridgehead atoms. The van der Waals surface area contributed by atoms with E-state index in [0.29, 0.717) is 19.3 Å². The maximum atomic E-state index is 11.6. The molecule has 0 aromatic carbocycles. The highest BCUT2D eigenvalue weighted by atomic mass is 16.3. The van der Waals surface area contributed by atoms with Gasteiger partial charge in [-0.1, -0.05) is 26.2 Å². The highest BCUT2D eigenvalue weighted by Crippen LogP contribution is 2.30. The molecule has 1 rings (SSSR count). The molecule has 1 fully saturated rings. The second-order valence-electron chi connectivity index (χ2n) is 3.88. The Labute approximate surface area is 78.8 Å². The molecular formula is C10H18O3. The molecule has 0 aromatic heterocycles. The summed E-state index contributed by atoms with van der Waals surface area (Å²) in [5, 5.41) is 19.3. The number of aliphatic hydroxyl groups excluding tert-OH is 1. The molecule has 0 spiro atoms. The van der Waals surface area contributed by atoms with Gasteiger partial charge in [0.15, 0.2) is 5.78 Å². The van der Waals surface area contributed by atoms with Crippen LogP contribution in [0.25, 0.3) is 0 Å². The minimum Gasteiger partial charge on any atom is -0.385 e. The van der Waals surface area contributed by atoms with Gasteiger partial charge in [0, 0.05) is 0 Å². The number of hydrogen-bond donors (Lipinski definition) is 2. The van der Waals surface area contributed by atoms with Gasteiger partial charge in [0.2, 0.25) is 0 Å². The van der Waals surface area contributed by atoms with Gasteiger partial charge in [0.1, 0.15) is 11.7 Å². The van der Waals surface area contributed by atoms with E-state index in [2.05, 4.69) is 0 Å². The fourth-order valence-corrected chi connectivity index (χ4v) is 1.88. The lowest BCUT2D eigenvalue weighted by molar-refractivity contribution is -0.149. The number of rotatable bonds is 3. The second kappa shape index (κ2) is 4.20. The van der Waals surface area contributed by atoms with E-state index in [1.165, 1.54) is 0 Å². The van der Waals surface area contributed by atoms with Gasteiger partial charge in [-0.25, -0.2) is 0 Å². The van der Waals surface area contributed by atoms with Gasteiger partial charge < -0.3 is 10.2 Å². The first-order valence-corrected chi connectivity index (χ1v) is 5.05. The summed E-state index contributed by atoms with van der Waals surface area (Å²) < 4.78 is 0. The van der Waals surface area contributed by atoms with Gasteiger partial charge in [-0.05, 0) is 19.3 Å². The summed E-state index contributed by atoms with van der Waals surface area (Å²) in [7, 11) is 0. The van der Waals surface area contributed by atoms with Crippen LogP contribution in [0, 0.1) is 0 Å². The van der Waals surface area contributed by atoms with Crippen LogP contribution in [-0.4, -0.2) is 27.7 Å². The molecule has 1 saturated carbocycles. The van der Waals surface area contributed by atoms with Crippen LogP contribution in [-0.2, 0) is 4.79 Å². The standard InChI is InChI=1S/C10H18O3/c1-2-8(11)9(12)10(13)6-4-3-5-7-10/h8,11,13H,2-7H2,1H3. The molecule has 3 heteroatoms. The molecule has 1 atom stereocenters. The fraction of sp³-hybridized carbons (Fsp3) is 0.900. The smallest absolute Gasteiger partial charge is 0.192 e. The number of ketones is 1. The molecule has 2 N–H and O–H groups in total. The third-order valence-electron chi connectivity index (χ3n) is 2.83.